The van der Waals surface area contributed by atoms with Crippen LogP contribution in [0.15, 0.2) is 22.7 Å². The third-order valence-electron chi connectivity index (χ3n) is 2.68. The fraction of sp³-hybridized carbons (Fsp3) is 0.417. The highest BCUT2D eigenvalue weighted by atomic mass is 79.9. The van der Waals surface area contributed by atoms with Gasteiger partial charge in [-0.25, -0.2) is 8.42 Å². The number of carboxylic acids is 1. The lowest BCUT2D eigenvalue weighted by molar-refractivity contribution is -0.136. The van der Waals surface area contributed by atoms with Crippen molar-refractivity contribution in [1.82, 2.24) is 0 Å². The topological polar surface area (TPSA) is 80.7 Å². The van der Waals surface area contributed by atoms with E-state index in [-0.39, 0.29) is 12.2 Å². The number of carbonyl (C=O) groups is 1. The SMILES string of the molecule is CCC(C(=O)O)S(=O)(=O)Cc1cc(Br)ccc1OC. The average Bonchev–Trinajstić information content (AvgIpc) is 2.28. The molecule has 0 aromatic heterocycles. The Kier molecular flexibility index (Phi) is 5.37. The van der Waals surface area contributed by atoms with E-state index in [0.29, 0.717) is 15.8 Å². The molecule has 19 heavy (non-hydrogen) atoms. The molecule has 7 heteroatoms. The lowest BCUT2D eigenvalue weighted by Gasteiger charge is -2.13. The van der Waals surface area contributed by atoms with Gasteiger partial charge in [0.15, 0.2) is 15.1 Å². The number of halogens is 1. The van der Waals surface area contributed by atoms with Gasteiger partial charge in [0.1, 0.15) is 5.75 Å². The Hall–Kier alpha value is -1.08. The largest absolute Gasteiger partial charge is 0.496 e. The highest BCUT2D eigenvalue weighted by Gasteiger charge is 2.31. The van der Waals surface area contributed by atoms with Crippen molar-refractivity contribution in [1.29, 1.82) is 0 Å². The van der Waals surface area contributed by atoms with E-state index in [9.17, 15) is 13.2 Å². The monoisotopic (exact) mass is 350 g/mol. The van der Waals surface area contributed by atoms with Crippen molar-refractivity contribution in [2.45, 2.75) is 24.3 Å². The summed E-state index contributed by atoms with van der Waals surface area (Å²) in [6.07, 6.45) is 0.0357. The zero-order valence-electron chi connectivity index (χ0n) is 10.6. The van der Waals surface area contributed by atoms with Gasteiger partial charge in [-0.15, -0.1) is 0 Å². The van der Waals surface area contributed by atoms with Crippen molar-refractivity contribution in [3.8, 4) is 5.75 Å². The molecule has 1 atom stereocenters. The molecule has 1 aromatic carbocycles. The summed E-state index contributed by atoms with van der Waals surface area (Å²) >= 11 is 3.25. The first-order valence-corrected chi connectivity index (χ1v) is 8.09. The first-order chi connectivity index (χ1) is 8.81. The minimum Gasteiger partial charge on any atom is -0.496 e. The summed E-state index contributed by atoms with van der Waals surface area (Å²) in [4.78, 5) is 11.0. The number of rotatable bonds is 6. The van der Waals surface area contributed by atoms with Crippen LogP contribution in [0.4, 0.5) is 0 Å². The van der Waals surface area contributed by atoms with Crippen LogP contribution in [-0.2, 0) is 20.4 Å². The third-order valence-corrected chi connectivity index (χ3v) is 5.29. The summed E-state index contributed by atoms with van der Waals surface area (Å²) in [6.45, 7) is 1.54. The van der Waals surface area contributed by atoms with Crippen molar-refractivity contribution >= 4 is 31.7 Å². The van der Waals surface area contributed by atoms with Crippen LogP contribution >= 0.6 is 15.9 Å². The van der Waals surface area contributed by atoms with E-state index in [4.69, 9.17) is 9.84 Å². The van der Waals surface area contributed by atoms with Crippen LogP contribution in [0, 0.1) is 0 Å². The molecule has 0 heterocycles. The number of carboxylic acid groups (broad SMARTS) is 1. The molecule has 1 aromatic rings. The van der Waals surface area contributed by atoms with Crippen molar-refractivity contribution < 1.29 is 23.1 Å². The molecular weight excluding hydrogens is 336 g/mol. The Morgan fingerprint density at radius 1 is 1.47 bits per heavy atom. The summed E-state index contributed by atoms with van der Waals surface area (Å²) in [5.74, 6) is -1.26. The Bertz CT molecular complexity index is 567. The van der Waals surface area contributed by atoms with Gasteiger partial charge in [0.05, 0.1) is 12.9 Å². The standard InChI is InChI=1S/C12H15BrO5S/c1-3-11(12(14)15)19(16,17)7-8-6-9(13)4-5-10(8)18-2/h4-6,11H,3,7H2,1-2H3,(H,14,15). The molecule has 0 aliphatic heterocycles. The van der Waals surface area contributed by atoms with Crippen molar-refractivity contribution in [3.63, 3.8) is 0 Å². The molecule has 1 N–H and O–H groups in total. The van der Waals surface area contributed by atoms with Crippen LogP contribution in [-0.4, -0.2) is 31.9 Å². The molecule has 0 radical (unpaired) electrons. The highest BCUT2D eigenvalue weighted by molar-refractivity contribution is 9.10. The maximum Gasteiger partial charge on any atom is 0.321 e. The van der Waals surface area contributed by atoms with E-state index >= 15 is 0 Å². The van der Waals surface area contributed by atoms with E-state index in [1.807, 2.05) is 0 Å². The van der Waals surface area contributed by atoms with Gasteiger partial charge in [-0.3, -0.25) is 4.79 Å². The summed E-state index contributed by atoms with van der Waals surface area (Å²) < 4.78 is 30.0. The number of methoxy groups -OCH3 is 1. The normalized spacial score (nSPS) is 13.0. The minimum absolute atomic E-state index is 0.0357. The van der Waals surface area contributed by atoms with Crippen LogP contribution in [0.5, 0.6) is 5.75 Å². The van der Waals surface area contributed by atoms with Gasteiger partial charge in [0.2, 0.25) is 0 Å². The molecule has 0 saturated carbocycles. The van der Waals surface area contributed by atoms with E-state index in [1.54, 1.807) is 18.2 Å². The van der Waals surface area contributed by atoms with E-state index in [1.165, 1.54) is 14.0 Å². The number of aliphatic carboxylic acids is 1. The summed E-state index contributed by atoms with van der Waals surface area (Å²) in [5, 5.41) is 7.56. The van der Waals surface area contributed by atoms with E-state index in [2.05, 4.69) is 15.9 Å². The molecule has 0 spiro atoms. The fourth-order valence-corrected chi connectivity index (χ4v) is 3.84. The first-order valence-electron chi connectivity index (χ1n) is 5.58. The van der Waals surface area contributed by atoms with Gasteiger partial charge in [0, 0.05) is 10.0 Å². The average molecular weight is 351 g/mol. The molecule has 0 fully saturated rings. The molecule has 0 bridgehead atoms. The van der Waals surface area contributed by atoms with E-state index < -0.39 is 21.1 Å². The van der Waals surface area contributed by atoms with Crippen molar-refractivity contribution in [2.24, 2.45) is 0 Å². The second kappa shape index (κ2) is 6.38. The lowest BCUT2D eigenvalue weighted by atomic mass is 10.2. The van der Waals surface area contributed by atoms with Crippen LogP contribution in [0.3, 0.4) is 0 Å². The van der Waals surface area contributed by atoms with Gasteiger partial charge in [0.25, 0.3) is 0 Å². The summed E-state index contributed by atoms with van der Waals surface area (Å²) in [6, 6.07) is 4.98. The predicted molar refractivity (Wildman–Crippen MR) is 75.0 cm³/mol. The van der Waals surface area contributed by atoms with Crippen molar-refractivity contribution in [3.05, 3.63) is 28.2 Å². The second-order valence-corrected chi connectivity index (χ2v) is 7.10. The number of sulfone groups is 1. The lowest BCUT2D eigenvalue weighted by Crippen LogP contribution is -2.30. The van der Waals surface area contributed by atoms with E-state index in [0.717, 1.165) is 0 Å². The maximum atomic E-state index is 12.1. The highest BCUT2D eigenvalue weighted by Crippen LogP contribution is 2.26. The number of hydrogen-bond donors (Lipinski definition) is 1. The Balaban J connectivity index is 3.14. The fourth-order valence-electron chi connectivity index (χ4n) is 1.76. The zero-order valence-corrected chi connectivity index (χ0v) is 13.0. The smallest absolute Gasteiger partial charge is 0.321 e. The summed E-state index contributed by atoms with van der Waals surface area (Å²) in [7, 11) is -2.34. The van der Waals surface area contributed by atoms with Crippen LogP contribution in [0.1, 0.15) is 18.9 Å². The quantitative estimate of drug-likeness (QED) is 0.850. The molecule has 1 unspecified atom stereocenters. The van der Waals surface area contributed by atoms with Crippen LogP contribution in [0.2, 0.25) is 0 Å². The first kappa shape index (κ1) is 16.0. The molecule has 1 rings (SSSR count). The molecular formula is C12H15BrO5S. The molecule has 0 aliphatic rings. The Morgan fingerprint density at radius 2 is 2.11 bits per heavy atom. The number of ether oxygens (including phenoxy) is 1. The Morgan fingerprint density at radius 3 is 2.58 bits per heavy atom. The number of benzene rings is 1. The van der Waals surface area contributed by atoms with Crippen LogP contribution in [0.25, 0.3) is 0 Å². The molecule has 5 nitrogen and oxygen atoms in total. The summed E-state index contributed by atoms with van der Waals surface area (Å²) in [5.41, 5.74) is 0.441. The van der Waals surface area contributed by atoms with Crippen molar-refractivity contribution in [2.75, 3.05) is 7.11 Å². The number of hydrogen-bond acceptors (Lipinski definition) is 4. The van der Waals surface area contributed by atoms with Crippen LogP contribution < -0.4 is 4.74 Å². The molecule has 106 valence electrons. The van der Waals surface area contributed by atoms with Gasteiger partial charge >= 0.3 is 5.97 Å². The predicted octanol–water partition coefficient (Wildman–Crippen LogP) is 2.24. The maximum absolute atomic E-state index is 12.1. The Labute approximate surface area is 120 Å². The molecule has 0 amide bonds. The minimum atomic E-state index is -3.77. The van der Waals surface area contributed by atoms with Gasteiger partial charge in [-0.2, -0.15) is 0 Å². The molecule has 0 saturated heterocycles. The molecule has 0 aliphatic carbocycles. The zero-order chi connectivity index (χ0) is 14.6. The second-order valence-electron chi connectivity index (χ2n) is 4.00. The van der Waals surface area contributed by atoms with Gasteiger partial charge in [-0.05, 0) is 24.6 Å². The third kappa shape index (κ3) is 3.94. The van der Waals surface area contributed by atoms with Gasteiger partial charge in [-0.1, -0.05) is 22.9 Å². The van der Waals surface area contributed by atoms with Gasteiger partial charge < -0.3 is 9.84 Å².